The van der Waals surface area contributed by atoms with Gasteiger partial charge in [-0.05, 0) is 53.9 Å². The summed E-state index contributed by atoms with van der Waals surface area (Å²) in [6.45, 7) is 0. The fourth-order valence-electron chi connectivity index (χ4n) is 4.25. The Morgan fingerprint density at radius 1 is 0.833 bits per heavy atom. The zero-order valence-electron chi connectivity index (χ0n) is 17.2. The van der Waals surface area contributed by atoms with E-state index < -0.39 is 7.14 Å². The molecule has 150 valence electrons. The van der Waals surface area contributed by atoms with Crippen molar-refractivity contribution in [3.8, 4) is 0 Å². The van der Waals surface area contributed by atoms with E-state index in [4.69, 9.17) is 7.57 Å². The predicted molar refractivity (Wildman–Crippen MR) is 134 cm³/mol. The molecule has 0 amide bonds. The normalized spacial score (nSPS) is 14.7. The number of carbonyl (C=O) groups excluding carboxylic acids is 1. The minimum Gasteiger partial charge on any atom is -0.281 e. The molecule has 1 nitrogen and oxygen atoms in total. The van der Waals surface area contributed by atoms with Crippen LogP contribution in [0.25, 0.3) is 0 Å². The monoisotopic (exact) mass is 429 g/mol. The summed E-state index contributed by atoms with van der Waals surface area (Å²) in [5, 5.41) is 2.36. The van der Waals surface area contributed by atoms with Crippen LogP contribution in [-0.4, -0.2) is 18.2 Å². The maximum Gasteiger partial charge on any atom is 0.378 e. The standard InChI is InChI=1S/C26H27BOPS/c27-29(24-11-3-1-4-12-24,25-13-5-2-6-14-25)20-30-26(28)23-17-15-22(16-18-23)19-21-9-7-8-10-21/h1-6,11-18,21H,7-10,19-20H2/q+1. The largest absolute Gasteiger partial charge is 0.378 e. The first-order chi connectivity index (χ1) is 14.6. The molecule has 0 heterocycles. The molecule has 0 unspecified atom stereocenters. The van der Waals surface area contributed by atoms with Crippen LogP contribution in [0.15, 0.2) is 84.9 Å². The van der Waals surface area contributed by atoms with Gasteiger partial charge in [0.05, 0.1) is 10.6 Å². The van der Waals surface area contributed by atoms with Crippen molar-refractivity contribution in [3.05, 3.63) is 96.1 Å². The van der Waals surface area contributed by atoms with Gasteiger partial charge in [-0.15, -0.1) is 0 Å². The summed E-state index contributed by atoms with van der Waals surface area (Å²) in [6, 6.07) is 28.7. The van der Waals surface area contributed by atoms with E-state index >= 15 is 0 Å². The summed E-state index contributed by atoms with van der Waals surface area (Å²) in [7, 11) is 4.88. The lowest BCUT2D eigenvalue weighted by Crippen LogP contribution is -2.24. The number of rotatable bonds is 7. The number of hydrogen-bond donors (Lipinski definition) is 0. The van der Waals surface area contributed by atoms with E-state index in [9.17, 15) is 4.79 Å². The average molecular weight is 429 g/mol. The maximum atomic E-state index is 12.9. The molecule has 0 saturated heterocycles. The minimum atomic E-state index is -2.14. The quantitative estimate of drug-likeness (QED) is 0.338. The summed E-state index contributed by atoms with van der Waals surface area (Å²) in [5.41, 5.74) is 2.71. The van der Waals surface area contributed by atoms with Gasteiger partial charge in [0.1, 0.15) is 5.49 Å². The highest BCUT2D eigenvalue weighted by Crippen LogP contribution is 2.54. The summed E-state index contributed by atoms with van der Waals surface area (Å²) in [4.78, 5) is 12.9. The van der Waals surface area contributed by atoms with Crippen molar-refractivity contribution in [1.82, 2.24) is 0 Å². The molecule has 0 aromatic heterocycles. The van der Waals surface area contributed by atoms with Crippen LogP contribution in [0, 0.1) is 5.92 Å². The van der Waals surface area contributed by atoms with Crippen LogP contribution in [0.4, 0.5) is 0 Å². The predicted octanol–water partition coefficient (Wildman–Crippen LogP) is 6.00. The zero-order chi connectivity index (χ0) is 20.8. The number of thioether (sulfide) groups is 1. The number of benzene rings is 3. The molecule has 2 radical (unpaired) electrons. The molecule has 4 heteroatoms. The second-order valence-electron chi connectivity index (χ2n) is 8.15. The Hall–Kier alpha value is -1.83. The van der Waals surface area contributed by atoms with E-state index in [1.165, 1.54) is 43.0 Å². The van der Waals surface area contributed by atoms with Crippen LogP contribution in [0.3, 0.4) is 0 Å². The highest BCUT2D eigenvalue weighted by molar-refractivity contribution is 8.25. The molecule has 0 atom stereocenters. The molecule has 3 aromatic rings. The van der Waals surface area contributed by atoms with Crippen molar-refractivity contribution in [2.24, 2.45) is 5.92 Å². The van der Waals surface area contributed by atoms with Gasteiger partial charge in [-0.3, -0.25) is 4.79 Å². The van der Waals surface area contributed by atoms with Crippen molar-refractivity contribution in [3.63, 3.8) is 0 Å². The second kappa shape index (κ2) is 9.99. The molecule has 30 heavy (non-hydrogen) atoms. The molecule has 0 aliphatic heterocycles. The summed E-state index contributed by atoms with van der Waals surface area (Å²) < 4.78 is 0. The van der Waals surface area contributed by atoms with Crippen molar-refractivity contribution < 1.29 is 4.79 Å². The Balaban J connectivity index is 1.46. The van der Waals surface area contributed by atoms with E-state index in [1.54, 1.807) is 0 Å². The highest BCUT2D eigenvalue weighted by atomic mass is 32.2. The topological polar surface area (TPSA) is 17.1 Å². The Morgan fingerprint density at radius 3 is 1.90 bits per heavy atom. The third-order valence-corrected chi connectivity index (χ3v) is 11.1. The van der Waals surface area contributed by atoms with Crippen molar-refractivity contribution in [2.45, 2.75) is 32.1 Å². The first-order valence-corrected chi connectivity index (χ1v) is 13.7. The Morgan fingerprint density at radius 2 is 1.37 bits per heavy atom. The summed E-state index contributed by atoms with van der Waals surface area (Å²) in [5.74, 6) is 0.820. The van der Waals surface area contributed by atoms with Gasteiger partial charge >= 0.3 is 7.57 Å². The zero-order valence-corrected chi connectivity index (χ0v) is 19.0. The SMILES string of the molecule is [B][P+](CSC(=O)c1ccc(CC2CCCC2)cc1)(c1ccccc1)c1ccccc1. The van der Waals surface area contributed by atoms with Crippen molar-refractivity contribution in [2.75, 3.05) is 5.49 Å². The number of hydrogen-bond acceptors (Lipinski definition) is 2. The van der Waals surface area contributed by atoms with Crippen molar-refractivity contribution >= 4 is 42.2 Å². The molecule has 4 rings (SSSR count). The molecule has 1 aliphatic rings. The van der Waals surface area contributed by atoms with Gasteiger partial charge in [-0.25, -0.2) is 0 Å². The molecule has 0 N–H and O–H groups in total. The molecular weight excluding hydrogens is 402 g/mol. The van der Waals surface area contributed by atoms with Crippen LogP contribution in [0.5, 0.6) is 0 Å². The lowest BCUT2D eigenvalue weighted by molar-refractivity contribution is 0.108. The van der Waals surface area contributed by atoms with Gasteiger partial charge in [-0.1, -0.05) is 86.3 Å². The smallest absolute Gasteiger partial charge is 0.281 e. The third kappa shape index (κ3) is 5.07. The van der Waals surface area contributed by atoms with Gasteiger partial charge in [0.25, 0.3) is 0 Å². The fraction of sp³-hybridized carbons (Fsp3) is 0.269. The highest BCUT2D eigenvalue weighted by Gasteiger charge is 2.38. The first-order valence-electron chi connectivity index (χ1n) is 10.7. The summed E-state index contributed by atoms with van der Waals surface area (Å²) in [6.07, 6.45) is 6.56. The Kier molecular flexibility index (Phi) is 7.13. The molecule has 1 saturated carbocycles. The van der Waals surface area contributed by atoms with Gasteiger partial charge in [0.15, 0.2) is 0 Å². The van der Waals surface area contributed by atoms with E-state index in [0.29, 0.717) is 5.49 Å². The van der Waals surface area contributed by atoms with Gasteiger partial charge in [0.2, 0.25) is 5.12 Å². The van der Waals surface area contributed by atoms with Crippen LogP contribution in [-0.2, 0) is 6.42 Å². The van der Waals surface area contributed by atoms with Gasteiger partial charge in [0, 0.05) is 12.7 Å². The van der Waals surface area contributed by atoms with Gasteiger partial charge in [-0.2, -0.15) is 0 Å². The maximum absolute atomic E-state index is 12.9. The van der Waals surface area contributed by atoms with E-state index in [0.717, 1.165) is 28.5 Å². The third-order valence-electron chi connectivity index (χ3n) is 6.02. The fourth-order valence-corrected chi connectivity index (χ4v) is 8.74. The van der Waals surface area contributed by atoms with Crippen LogP contribution < -0.4 is 10.6 Å². The Labute approximate surface area is 186 Å². The van der Waals surface area contributed by atoms with E-state index in [-0.39, 0.29) is 5.12 Å². The first kappa shape index (κ1) is 21.4. The lowest BCUT2D eigenvalue weighted by atomic mass is 9.97. The average Bonchev–Trinajstić information content (AvgIpc) is 3.32. The molecular formula is C26H27BOPS+. The number of carbonyl (C=O) groups is 1. The molecule has 0 bridgehead atoms. The van der Waals surface area contributed by atoms with Gasteiger partial charge < -0.3 is 0 Å². The van der Waals surface area contributed by atoms with Crippen LogP contribution in [0.1, 0.15) is 41.6 Å². The van der Waals surface area contributed by atoms with Crippen LogP contribution in [0.2, 0.25) is 0 Å². The second-order valence-corrected chi connectivity index (χ2v) is 12.6. The molecule has 3 aromatic carbocycles. The van der Waals surface area contributed by atoms with E-state index in [1.807, 2.05) is 48.5 Å². The van der Waals surface area contributed by atoms with Crippen LogP contribution >= 0.6 is 18.9 Å². The van der Waals surface area contributed by atoms with Crippen molar-refractivity contribution in [1.29, 1.82) is 0 Å². The minimum absolute atomic E-state index is 0.101. The summed E-state index contributed by atoms with van der Waals surface area (Å²) >= 11 is 1.35. The molecule has 1 fully saturated rings. The Bertz CT molecular complexity index is 914. The van der Waals surface area contributed by atoms with E-state index in [2.05, 4.69) is 36.4 Å². The molecule has 0 spiro atoms. The lowest BCUT2D eigenvalue weighted by Gasteiger charge is -2.23. The molecule has 1 aliphatic carbocycles.